The van der Waals surface area contributed by atoms with Crippen molar-refractivity contribution in [2.45, 2.75) is 32.8 Å². The molecule has 0 saturated heterocycles. The van der Waals surface area contributed by atoms with Crippen LogP contribution in [-0.4, -0.2) is 17.2 Å². The summed E-state index contributed by atoms with van der Waals surface area (Å²) in [6.45, 7) is 5.23. The van der Waals surface area contributed by atoms with Crippen LogP contribution < -0.4 is 4.74 Å². The third-order valence-corrected chi connectivity index (χ3v) is 2.17. The zero-order valence-corrected chi connectivity index (χ0v) is 9.83. The van der Waals surface area contributed by atoms with Crippen LogP contribution >= 0.6 is 0 Å². The van der Waals surface area contributed by atoms with E-state index < -0.39 is 17.5 Å². The Morgan fingerprint density at radius 1 is 1.41 bits per heavy atom. The van der Waals surface area contributed by atoms with Crippen LogP contribution in [0.25, 0.3) is 0 Å². The zero-order valence-electron chi connectivity index (χ0n) is 9.83. The number of ether oxygens (including phenoxy) is 1. The first kappa shape index (κ1) is 13.4. The molecule has 0 saturated carbocycles. The average Bonchev–Trinajstić information content (AvgIpc) is 2.20. The number of aliphatic carboxylic acids is 1. The predicted octanol–water partition coefficient (Wildman–Crippen LogP) is 2.96. The number of hydrogen-bond donors (Lipinski definition) is 1. The van der Waals surface area contributed by atoms with E-state index >= 15 is 0 Å². The van der Waals surface area contributed by atoms with Crippen LogP contribution in [0, 0.1) is 6.92 Å². The summed E-state index contributed by atoms with van der Waals surface area (Å²) in [7, 11) is 0. The molecule has 0 heterocycles. The minimum atomic E-state index is -3.87. The van der Waals surface area contributed by atoms with E-state index in [1.807, 2.05) is 13.8 Å². The van der Waals surface area contributed by atoms with Crippen molar-refractivity contribution in [1.82, 2.24) is 0 Å². The molecule has 1 aromatic rings. The number of carbonyl (C=O) groups is 1. The predicted molar refractivity (Wildman–Crippen MR) is 58.5 cm³/mol. The van der Waals surface area contributed by atoms with Crippen molar-refractivity contribution in [2.75, 3.05) is 0 Å². The Labute approximate surface area is 98.0 Å². The molecule has 5 heteroatoms. The first-order valence-electron chi connectivity index (χ1n) is 5.14. The number of carboxylic acid groups (broad SMARTS) is 1. The lowest BCUT2D eigenvalue weighted by Gasteiger charge is -2.16. The lowest BCUT2D eigenvalue weighted by Crippen LogP contribution is -2.25. The van der Waals surface area contributed by atoms with Crippen LogP contribution in [0.15, 0.2) is 18.2 Å². The Kier molecular flexibility index (Phi) is 3.70. The van der Waals surface area contributed by atoms with E-state index in [2.05, 4.69) is 0 Å². The third kappa shape index (κ3) is 2.93. The molecule has 0 radical (unpaired) electrons. The Morgan fingerprint density at radius 3 is 2.41 bits per heavy atom. The standard InChI is InChI=1S/C12H14F2O3/c1-7(2)17-10-5-4-9(6-8(10)3)12(13,14)11(15)16/h4-7H,1-3H3,(H,15,16). The molecule has 1 aromatic carbocycles. The highest BCUT2D eigenvalue weighted by atomic mass is 19.3. The highest BCUT2D eigenvalue weighted by Crippen LogP contribution is 2.31. The summed E-state index contributed by atoms with van der Waals surface area (Å²) in [6, 6.07) is 3.56. The van der Waals surface area contributed by atoms with Crippen molar-refractivity contribution in [3.05, 3.63) is 29.3 Å². The van der Waals surface area contributed by atoms with Crippen molar-refractivity contribution in [3.8, 4) is 5.75 Å². The number of rotatable bonds is 4. The normalized spacial score (nSPS) is 11.6. The zero-order chi connectivity index (χ0) is 13.2. The van der Waals surface area contributed by atoms with Crippen molar-refractivity contribution < 1.29 is 23.4 Å². The van der Waals surface area contributed by atoms with Crippen molar-refractivity contribution in [2.24, 2.45) is 0 Å². The number of hydrogen-bond acceptors (Lipinski definition) is 2. The lowest BCUT2D eigenvalue weighted by molar-refractivity contribution is -0.166. The highest BCUT2D eigenvalue weighted by molar-refractivity contribution is 5.77. The summed E-state index contributed by atoms with van der Waals surface area (Å²) in [5.74, 6) is -5.56. The number of halogens is 2. The summed E-state index contributed by atoms with van der Waals surface area (Å²) in [5.41, 5.74) is -0.0595. The van der Waals surface area contributed by atoms with Gasteiger partial charge in [-0.05, 0) is 44.5 Å². The molecule has 0 aliphatic heterocycles. The topological polar surface area (TPSA) is 46.5 Å². The molecule has 3 nitrogen and oxygen atoms in total. The molecular formula is C12H14F2O3. The molecule has 0 fully saturated rings. The molecule has 0 bridgehead atoms. The summed E-state index contributed by atoms with van der Waals surface area (Å²) < 4.78 is 31.8. The van der Waals surface area contributed by atoms with Crippen LogP contribution in [0.1, 0.15) is 25.0 Å². The minimum absolute atomic E-state index is 0.0699. The average molecular weight is 244 g/mol. The van der Waals surface area contributed by atoms with Crippen LogP contribution in [0.5, 0.6) is 5.75 Å². The second-order valence-electron chi connectivity index (χ2n) is 4.03. The number of alkyl halides is 2. The van der Waals surface area contributed by atoms with E-state index in [-0.39, 0.29) is 6.10 Å². The Bertz CT molecular complexity index is 428. The first-order chi connectivity index (χ1) is 7.75. The van der Waals surface area contributed by atoms with Crippen molar-refractivity contribution in [3.63, 3.8) is 0 Å². The first-order valence-corrected chi connectivity index (χ1v) is 5.14. The summed E-state index contributed by atoms with van der Waals surface area (Å²) >= 11 is 0. The van der Waals surface area contributed by atoms with Gasteiger partial charge >= 0.3 is 11.9 Å². The van der Waals surface area contributed by atoms with E-state index in [0.717, 1.165) is 12.1 Å². The Hall–Kier alpha value is -1.65. The Morgan fingerprint density at radius 2 is 2.00 bits per heavy atom. The summed E-state index contributed by atoms with van der Waals surface area (Å²) in [5, 5.41) is 8.42. The van der Waals surface area contributed by atoms with Crippen molar-refractivity contribution in [1.29, 1.82) is 0 Å². The maximum Gasteiger partial charge on any atom is 0.379 e. The molecule has 0 amide bonds. The molecular weight excluding hydrogens is 230 g/mol. The largest absolute Gasteiger partial charge is 0.491 e. The van der Waals surface area contributed by atoms with Gasteiger partial charge in [-0.3, -0.25) is 0 Å². The number of aryl methyl sites for hydroxylation is 1. The fourth-order valence-corrected chi connectivity index (χ4v) is 1.35. The van der Waals surface area contributed by atoms with Gasteiger partial charge in [-0.15, -0.1) is 0 Å². The SMILES string of the molecule is Cc1cc(C(F)(F)C(=O)O)ccc1OC(C)C. The highest BCUT2D eigenvalue weighted by Gasteiger charge is 2.41. The van der Waals surface area contributed by atoms with Gasteiger partial charge in [0.1, 0.15) is 5.75 Å². The third-order valence-electron chi connectivity index (χ3n) is 2.17. The van der Waals surface area contributed by atoms with Crippen molar-refractivity contribution >= 4 is 5.97 Å². The number of carboxylic acids is 1. The van der Waals surface area contributed by atoms with Gasteiger partial charge in [-0.2, -0.15) is 8.78 Å². The smallest absolute Gasteiger partial charge is 0.379 e. The molecule has 0 unspecified atom stereocenters. The van der Waals surface area contributed by atoms with Crippen LogP contribution in [0.3, 0.4) is 0 Å². The van der Waals surface area contributed by atoms with E-state index in [0.29, 0.717) is 11.3 Å². The molecule has 1 N–H and O–H groups in total. The van der Waals surface area contributed by atoms with Gasteiger partial charge in [0.15, 0.2) is 0 Å². The molecule has 0 aliphatic carbocycles. The van der Waals surface area contributed by atoms with E-state index in [4.69, 9.17) is 9.84 Å². The van der Waals surface area contributed by atoms with Crippen LogP contribution in [-0.2, 0) is 10.7 Å². The fraction of sp³-hybridized carbons (Fsp3) is 0.417. The van der Waals surface area contributed by atoms with E-state index in [1.54, 1.807) is 6.92 Å². The second-order valence-corrected chi connectivity index (χ2v) is 4.03. The monoisotopic (exact) mass is 244 g/mol. The van der Waals surface area contributed by atoms with Gasteiger partial charge < -0.3 is 9.84 Å². The van der Waals surface area contributed by atoms with Gasteiger partial charge in [0.05, 0.1) is 6.10 Å². The maximum atomic E-state index is 13.2. The fourth-order valence-electron chi connectivity index (χ4n) is 1.35. The molecule has 94 valence electrons. The summed E-state index contributed by atoms with van der Waals surface area (Å²) in [6.07, 6.45) is -0.0699. The summed E-state index contributed by atoms with van der Waals surface area (Å²) in [4.78, 5) is 10.4. The van der Waals surface area contributed by atoms with E-state index in [1.165, 1.54) is 6.07 Å². The molecule has 0 aliphatic rings. The molecule has 1 rings (SSSR count). The Balaban J connectivity index is 3.08. The molecule has 0 aromatic heterocycles. The van der Waals surface area contributed by atoms with E-state index in [9.17, 15) is 13.6 Å². The van der Waals surface area contributed by atoms with Gasteiger partial charge in [-0.1, -0.05) is 0 Å². The van der Waals surface area contributed by atoms with Crippen LogP contribution in [0.2, 0.25) is 0 Å². The van der Waals surface area contributed by atoms with Gasteiger partial charge in [0.2, 0.25) is 0 Å². The van der Waals surface area contributed by atoms with Gasteiger partial charge in [0.25, 0.3) is 0 Å². The minimum Gasteiger partial charge on any atom is -0.491 e. The van der Waals surface area contributed by atoms with Gasteiger partial charge in [-0.25, -0.2) is 4.79 Å². The lowest BCUT2D eigenvalue weighted by atomic mass is 10.1. The number of benzene rings is 1. The second kappa shape index (κ2) is 4.69. The quantitative estimate of drug-likeness (QED) is 0.885. The maximum absolute atomic E-state index is 13.2. The molecule has 0 spiro atoms. The molecule has 0 atom stereocenters. The van der Waals surface area contributed by atoms with Crippen LogP contribution in [0.4, 0.5) is 8.78 Å². The molecule has 17 heavy (non-hydrogen) atoms. The van der Waals surface area contributed by atoms with Gasteiger partial charge in [0, 0.05) is 5.56 Å².